The van der Waals surface area contributed by atoms with Crippen LogP contribution in [0.5, 0.6) is 0 Å². The molecule has 0 bridgehead atoms. The fourth-order valence-corrected chi connectivity index (χ4v) is 4.94. The molecular formula is C22H25FN4O2. The van der Waals surface area contributed by atoms with Gasteiger partial charge in [0.05, 0.1) is 17.4 Å². The van der Waals surface area contributed by atoms with E-state index < -0.39 is 5.41 Å². The quantitative estimate of drug-likeness (QED) is 0.798. The summed E-state index contributed by atoms with van der Waals surface area (Å²) in [6, 6.07) is 5.61. The Balaban J connectivity index is 1.46. The number of benzene rings is 1. The molecule has 152 valence electrons. The molecule has 2 unspecified atom stereocenters. The summed E-state index contributed by atoms with van der Waals surface area (Å²) in [6.07, 6.45) is 6.85. The number of likely N-dealkylation sites (tertiary alicyclic amines) is 2. The van der Waals surface area contributed by atoms with Crippen molar-refractivity contribution >= 4 is 11.8 Å². The minimum Gasteiger partial charge on any atom is -0.342 e. The molecule has 0 N–H and O–H groups in total. The molecule has 1 aromatic carbocycles. The number of hydrogen-bond acceptors (Lipinski definition) is 3. The molecule has 1 saturated carbocycles. The average Bonchev–Trinajstić information content (AvgIpc) is 3.16. The number of imidazole rings is 1. The zero-order valence-corrected chi connectivity index (χ0v) is 16.6. The van der Waals surface area contributed by atoms with Gasteiger partial charge in [0.1, 0.15) is 5.82 Å². The van der Waals surface area contributed by atoms with Crippen LogP contribution >= 0.6 is 0 Å². The number of aryl methyl sites for hydroxylation is 1. The third-order valence-corrected chi connectivity index (χ3v) is 6.72. The second-order valence-corrected chi connectivity index (χ2v) is 8.81. The van der Waals surface area contributed by atoms with E-state index in [1.165, 1.54) is 37.1 Å². The molecule has 3 fully saturated rings. The second kappa shape index (κ2) is 6.68. The summed E-state index contributed by atoms with van der Waals surface area (Å²) < 4.78 is 15.2. The number of halogens is 1. The molecule has 0 radical (unpaired) electrons. The maximum atomic E-state index is 13.5. The Morgan fingerprint density at radius 1 is 1.28 bits per heavy atom. The Hall–Kier alpha value is -2.70. The normalized spacial score (nSPS) is 26.7. The highest BCUT2D eigenvalue weighted by molar-refractivity contribution is 5.96. The van der Waals surface area contributed by atoms with Gasteiger partial charge in [0.15, 0.2) is 0 Å². The van der Waals surface area contributed by atoms with E-state index >= 15 is 0 Å². The van der Waals surface area contributed by atoms with Gasteiger partial charge >= 0.3 is 0 Å². The van der Waals surface area contributed by atoms with E-state index in [0.29, 0.717) is 24.6 Å². The first kappa shape index (κ1) is 18.3. The third kappa shape index (κ3) is 3.12. The highest BCUT2D eigenvalue weighted by Gasteiger charge is 2.59. The molecule has 2 aromatic rings. The van der Waals surface area contributed by atoms with Crippen LogP contribution in [0.4, 0.5) is 4.39 Å². The van der Waals surface area contributed by atoms with Crippen LogP contribution < -0.4 is 0 Å². The van der Waals surface area contributed by atoms with Crippen molar-refractivity contribution in [1.29, 1.82) is 0 Å². The molecule has 2 amide bonds. The number of carbonyl (C=O) groups excluding carboxylic acids is 2. The molecule has 1 aliphatic carbocycles. The zero-order valence-electron chi connectivity index (χ0n) is 16.6. The predicted octanol–water partition coefficient (Wildman–Crippen LogP) is 2.43. The number of rotatable bonds is 4. The summed E-state index contributed by atoms with van der Waals surface area (Å²) in [5.74, 6) is 0.156. The van der Waals surface area contributed by atoms with E-state index in [2.05, 4.69) is 4.98 Å². The number of hydrogen-bond donors (Lipinski definition) is 0. The van der Waals surface area contributed by atoms with Gasteiger partial charge in [-0.2, -0.15) is 0 Å². The van der Waals surface area contributed by atoms with Crippen LogP contribution in [-0.2, 0) is 11.8 Å². The van der Waals surface area contributed by atoms with Crippen LogP contribution in [-0.4, -0.2) is 57.3 Å². The first-order valence-corrected chi connectivity index (χ1v) is 10.3. The SMILES string of the molecule is Cn1cnc(C2CN(C(=O)c3ccc(F)cc3)CC23CCN(CC2CC2)C3=O)c1. The molecular weight excluding hydrogens is 371 g/mol. The minimum absolute atomic E-state index is 0.121. The lowest BCUT2D eigenvalue weighted by Gasteiger charge is -2.27. The van der Waals surface area contributed by atoms with Crippen LogP contribution in [0.1, 0.15) is 41.2 Å². The van der Waals surface area contributed by atoms with E-state index in [0.717, 1.165) is 25.2 Å². The van der Waals surface area contributed by atoms with E-state index in [-0.39, 0.29) is 23.5 Å². The number of amides is 2. The van der Waals surface area contributed by atoms with Gasteiger partial charge in [0.2, 0.25) is 5.91 Å². The van der Waals surface area contributed by atoms with Gasteiger partial charge in [-0.25, -0.2) is 9.37 Å². The largest absolute Gasteiger partial charge is 0.342 e. The summed E-state index contributed by atoms with van der Waals surface area (Å²) in [5, 5.41) is 0. The van der Waals surface area contributed by atoms with E-state index in [1.54, 1.807) is 11.2 Å². The lowest BCUT2D eigenvalue weighted by Crippen LogP contribution is -2.41. The number of carbonyl (C=O) groups is 2. The van der Waals surface area contributed by atoms with Crippen molar-refractivity contribution in [2.45, 2.75) is 25.2 Å². The van der Waals surface area contributed by atoms with Gasteiger partial charge in [-0.3, -0.25) is 9.59 Å². The van der Waals surface area contributed by atoms with E-state index in [1.807, 2.05) is 22.7 Å². The Morgan fingerprint density at radius 2 is 2.03 bits per heavy atom. The maximum absolute atomic E-state index is 13.5. The van der Waals surface area contributed by atoms with Gasteiger partial charge in [0, 0.05) is 50.9 Å². The first-order chi connectivity index (χ1) is 14.0. The van der Waals surface area contributed by atoms with Gasteiger partial charge in [-0.1, -0.05) is 0 Å². The fourth-order valence-electron chi connectivity index (χ4n) is 4.94. The number of aromatic nitrogens is 2. The molecule has 2 saturated heterocycles. The zero-order chi connectivity index (χ0) is 20.2. The maximum Gasteiger partial charge on any atom is 0.253 e. The van der Waals surface area contributed by atoms with Crippen molar-refractivity contribution in [3.8, 4) is 0 Å². The van der Waals surface area contributed by atoms with Crippen molar-refractivity contribution in [2.24, 2.45) is 18.4 Å². The first-order valence-electron chi connectivity index (χ1n) is 10.3. The van der Waals surface area contributed by atoms with Crippen molar-refractivity contribution in [3.05, 3.63) is 53.9 Å². The Kier molecular flexibility index (Phi) is 4.22. The standard InChI is InChI=1S/C22H25FN4O2/c1-25-12-19(24-14-25)18-11-27(20(28)16-4-6-17(23)7-5-16)13-22(18)8-9-26(21(22)29)10-15-2-3-15/h4-7,12,14-15,18H,2-3,8-11,13H2,1H3. The topological polar surface area (TPSA) is 58.4 Å². The third-order valence-electron chi connectivity index (χ3n) is 6.72. The fraction of sp³-hybridized carbons (Fsp3) is 0.500. The second-order valence-electron chi connectivity index (χ2n) is 8.81. The molecule has 3 heterocycles. The van der Waals surface area contributed by atoms with Gasteiger partial charge in [-0.05, 0) is 49.4 Å². The lowest BCUT2D eigenvalue weighted by atomic mass is 9.75. The molecule has 3 aliphatic rings. The summed E-state index contributed by atoms with van der Waals surface area (Å²) >= 11 is 0. The Morgan fingerprint density at radius 3 is 2.69 bits per heavy atom. The molecule has 5 rings (SSSR count). The highest BCUT2D eigenvalue weighted by Crippen LogP contribution is 2.50. The van der Waals surface area contributed by atoms with Gasteiger partial charge in [-0.15, -0.1) is 0 Å². The smallest absolute Gasteiger partial charge is 0.253 e. The molecule has 1 spiro atoms. The van der Waals surface area contributed by atoms with Crippen molar-refractivity contribution in [2.75, 3.05) is 26.2 Å². The van der Waals surface area contributed by atoms with Crippen LogP contribution in [0.3, 0.4) is 0 Å². The highest BCUT2D eigenvalue weighted by atomic mass is 19.1. The lowest BCUT2D eigenvalue weighted by molar-refractivity contribution is -0.136. The van der Waals surface area contributed by atoms with Crippen LogP contribution in [0.25, 0.3) is 0 Å². The minimum atomic E-state index is -0.612. The van der Waals surface area contributed by atoms with Crippen molar-refractivity contribution in [3.63, 3.8) is 0 Å². The van der Waals surface area contributed by atoms with E-state index in [4.69, 9.17) is 0 Å². The summed E-state index contributed by atoms with van der Waals surface area (Å²) in [4.78, 5) is 34.9. The molecule has 2 aliphatic heterocycles. The molecule has 7 heteroatoms. The monoisotopic (exact) mass is 396 g/mol. The summed E-state index contributed by atoms with van der Waals surface area (Å²) in [5.41, 5.74) is 0.700. The van der Waals surface area contributed by atoms with Crippen molar-refractivity contribution in [1.82, 2.24) is 19.4 Å². The van der Waals surface area contributed by atoms with Gasteiger partial charge in [0.25, 0.3) is 5.91 Å². The van der Waals surface area contributed by atoms with Crippen LogP contribution in [0.15, 0.2) is 36.8 Å². The molecule has 1 aromatic heterocycles. The molecule has 29 heavy (non-hydrogen) atoms. The Labute approximate surface area is 169 Å². The number of nitrogens with zero attached hydrogens (tertiary/aromatic N) is 4. The van der Waals surface area contributed by atoms with Crippen molar-refractivity contribution < 1.29 is 14.0 Å². The van der Waals surface area contributed by atoms with E-state index in [9.17, 15) is 14.0 Å². The average molecular weight is 396 g/mol. The Bertz CT molecular complexity index is 952. The molecule has 6 nitrogen and oxygen atoms in total. The van der Waals surface area contributed by atoms with Crippen LogP contribution in [0, 0.1) is 17.2 Å². The predicted molar refractivity (Wildman–Crippen MR) is 105 cm³/mol. The summed E-state index contributed by atoms with van der Waals surface area (Å²) in [6.45, 7) is 2.43. The van der Waals surface area contributed by atoms with Gasteiger partial charge < -0.3 is 14.4 Å². The molecule has 2 atom stereocenters. The van der Waals surface area contributed by atoms with Crippen LogP contribution in [0.2, 0.25) is 0 Å². The summed E-state index contributed by atoms with van der Waals surface area (Å²) in [7, 11) is 1.91.